The van der Waals surface area contributed by atoms with Crippen molar-refractivity contribution in [2.24, 2.45) is 53.3 Å². The van der Waals surface area contributed by atoms with Crippen molar-refractivity contribution in [3.63, 3.8) is 0 Å². The van der Waals surface area contributed by atoms with Crippen LogP contribution in [0.4, 0.5) is 0 Å². The minimum atomic E-state index is 0. The molecule has 121 heavy (non-hydrogen) atoms. The van der Waals surface area contributed by atoms with Gasteiger partial charge in [-0.2, -0.15) is 0 Å². The standard InChI is InChI=1S/C28H36O2.C27H34O2.C26H32O.C22H24O2.C5H10.2CH3.4Fe/c29-25-17-13-23(14-18-25)28(24-15-19-26(30)20-16-24)27(22-10-4-5-11-22)12-6-3-9-21-7-1-2-8-21;1-19(18-20-6-2-3-7-20)26(21-8-4-5-9-21)27(22-10-14-24(28)15-11-22)23-12-16-25(29)17-13-23;27-24-17-15-23(16-18-24)26(22-12-2-1-3-13-22)25(21-10-6-7-11-21)19-14-20-8-4-5-9-20;23-18-11-7-16(8-12-18)22(17-9-13-19(24)14-10-17)21-6-2-4-15-3-1-5-20(15)21;1-2-4-5-3-1;;;;;;/h13-22,29-30H,1-12H2;10-17,19-21,28-29H,2-9,18H2,1H3;1-3,12-13,15-18,20-21,27H,4-11,14,19H2;7-15,20,23-24H,1-6H2;1-5H2;2*1H3;;;;/q;;;;;2*-1;;;;+2. The molecule has 0 amide bonds. The van der Waals surface area contributed by atoms with E-state index in [0.717, 1.165) is 42.4 Å². The molecule has 0 heterocycles. The van der Waals surface area contributed by atoms with E-state index in [9.17, 15) is 35.7 Å². The van der Waals surface area contributed by atoms with Crippen LogP contribution in [0, 0.1) is 68.1 Å². The number of phenolic OH excluding ortho intramolecular Hbond substituents is 7. The summed E-state index contributed by atoms with van der Waals surface area (Å²) in [7, 11) is 0. The summed E-state index contributed by atoms with van der Waals surface area (Å²) < 4.78 is 0. The molecular weight excluding hydrogens is 1660 g/mol. The van der Waals surface area contributed by atoms with Gasteiger partial charge in [-0.1, -0.05) is 311 Å². The van der Waals surface area contributed by atoms with Crippen LogP contribution >= 0.6 is 0 Å². The Morgan fingerprint density at radius 1 is 0.289 bits per heavy atom. The predicted octanol–water partition coefficient (Wildman–Crippen LogP) is 30.8. The fourth-order valence-corrected chi connectivity index (χ4v) is 22.2. The Morgan fingerprint density at radius 2 is 0.595 bits per heavy atom. The zero-order valence-corrected chi connectivity index (χ0v) is 77.4. The number of fused-ring (bicyclic) bond motifs is 1. The van der Waals surface area contributed by atoms with Crippen molar-refractivity contribution in [2.75, 3.05) is 0 Å². The Hall–Kier alpha value is -6.60. The topological polar surface area (TPSA) is 142 Å². The van der Waals surface area contributed by atoms with Gasteiger partial charge in [-0.15, -0.1) is 0 Å². The van der Waals surface area contributed by atoms with E-state index in [0.29, 0.717) is 63.9 Å². The number of rotatable bonds is 22. The third-order valence-electron chi connectivity index (χ3n) is 28.0. The second kappa shape index (κ2) is 53.0. The third-order valence-corrected chi connectivity index (χ3v) is 28.0. The Labute approximate surface area is 772 Å². The molecule has 8 aromatic rings. The number of hydrogen-bond donors (Lipinski definition) is 7. The van der Waals surface area contributed by atoms with E-state index in [1.807, 2.05) is 60.7 Å². The second-order valence-electron chi connectivity index (χ2n) is 36.0. The van der Waals surface area contributed by atoms with Gasteiger partial charge in [0.05, 0.1) is 0 Å². The summed E-state index contributed by atoms with van der Waals surface area (Å²) in [5, 5.41) is 68.4. The SMILES string of the molecule is C1CCCC1.CC(CC1CCCC1)C(=C(c1ccc(O)cc1)c1ccc(O)cc1)C1CCCC1.Oc1ccc(C(=C(CCC2CCCC2)C2CCCC2)c2ccccc2)cc1.Oc1ccc(C(=C(CCCCC2CCCC2)C2CCCC2)c2ccc(O)cc2)cc1.Oc1ccc(C(=C2CCCC3CCCC23)c2ccc(O)cc2)cc1.[CH3-].[CH3-].[Fe+2].[Fe].[Fe].[Fe]. The van der Waals surface area contributed by atoms with Crippen molar-refractivity contribution < 1.29 is 104 Å². The first-order chi connectivity index (χ1) is 56.3. The van der Waals surface area contributed by atoms with Gasteiger partial charge in [0.2, 0.25) is 0 Å². The van der Waals surface area contributed by atoms with Crippen molar-refractivity contribution in [3.05, 3.63) is 282 Å². The zero-order chi connectivity index (χ0) is 79.5. The molecule has 0 bridgehead atoms. The van der Waals surface area contributed by atoms with Crippen molar-refractivity contribution in [1.82, 2.24) is 0 Å². The van der Waals surface area contributed by atoms with Gasteiger partial charge in [-0.3, -0.25) is 0 Å². The van der Waals surface area contributed by atoms with E-state index in [1.54, 1.807) is 95.1 Å². The molecular formula is C110H142Fe4O7. The molecule has 9 fully saturated rings. The van der Waals surface area contributed by atoms with E-state index < -0.39 is 0 Å². The smallest absolute Gasteiger partial charge is 0.508 e. The summed E-state index contributed by atoms with van der Waals surface area (Å²) in [6.45, 7) is 2.44. The molecule has 9 saturated carbocycles. The van der Waals surface area contributed by atoms with Crippen LogP contribution in [0.1, 0.15) is 321 Å². The van der Waals surface area contributed by atoms with E-state index in [2.05, 4.69) is 73.7 Å². The number of unbranched alkanes of at least 4 members (excludes halogenated alkanes) is 1. The van der Waals surface area contributed by atoms with Crippen LogP contribution in [0.3, 0.4) is 0 Å². The minimum Gasteiger partial charge on any atom is -0.508 e. The average molecular weight is 1800 g/mol. The van der Waals surface area contributed by atoms with Crippen LogP contribution in [0.25, 0.3) is 22.3 Å². The molecule has 0 aromatic heterocycles. The predicted molar refractivity (Wildman–Crippen MR) is 491 cm³/mol. The Balaban J connectivity index is 0.000000214. The van der Waals surface area contributed by atoms with E-state index in [-0.39, 0.29) is 83.1 Å². The molecule has 11 heteroatoms. The molecule has 17 rings (SSSR count). The number of allylic oxidation sites excluding steroid dienone is 4. The van der Waals surface area contributed by atoms with Gasteiger partial charge in [-0.25, -0.2) is 0 Å². The van der Waals surface area contributed by atoms with Gasteiger partial charge in [-0.05, 0) is 308 Å². The summed E-state index contributed by atoms with van der Waals surface area (Å²) in [6.07, 6.45) is 57.2. The largest absolute Gasteiger partial charge is 2.00 e. The van der Waals surface area contributed by atoms with Crippen LogP contribution < -0.4 is 0 Å². The maximum atomic E-state index is 9.85. The van der Waals surface area contributed by atoms with Gasteiger partial charge >= 0.3 is 17.1 Å². The first-order valence-electron chi connectivity index (χ1n) is 45.9. The van der Waals surface area contributed by atoms with Crippen molar-refractivity contribution in [1.29, 1.82) is 0 Å². The molecule has 7 N–H and O–H groups in total. The fourth-order valence-electron chi connectivity index (χ4n) is 22.2. The molecule has 9 aliphatic rings. The monoisotopic (exact) mass is 1800 g/mol. The van der Waals surface area contributed by atoms with Crippen molar-refractivity contribution >= 4 is 22.3 Å². The average Bonchev–Trinajstić information content (AvgIpc) is 1.77. The third kappa shape index (κ3) is 29.5. The second-order valence-corrected chi connectivity index (χ2v) is 36.0. The fraction of sp³-hybridized carbons (Fsp3) is 0.473. The number of hydrogen-bond acceptors (Lipinski definition) is 7. The molecule has 656 valence electrons. The van der Waals surface area contributed by atoms with Crippen LogP contribution in [-0.2, 0) is 68.3 Å². The van der Waals surface area contributed by atoms with Crippen LogP contribution in [0.2, 0.25) is 0 Å². The first-order valence-corrected chi connectivity index (χ1v) is 45.9. The number of phenols is 7. The molecule has 9 aliphatic carbocycles. The van der Waals surface area contributed by atoms with Gasteiger partial charge < -0.3 is 50.6 Å². The van der Waals surface area contributed by atoms with Gasteiger partial charge in [0.1, 0.15) is 40.2 Å². The van der Waals surface area contributed by atoms with E-state index in [1.165, 1.54) is 324 Å². The van der Waals surface area contributed by atoms with Crippen molar-refractivity contribution in [3.8, 4) is 40.2 Å². The Morgan fingerprint density at radius 3 is 0.975 bits per heavy atom. The normalized spacial score (nSPS) is 18.7. The molecule has 7 nitrogen and oxygen atoms in total. The minimum absolute atomic E-state index is 0. The van der Waals surface area contributed by atoms with Crippen LogP contribution in [-0.4, -0.2) is 35.7 Å². The maximum Gasteiger partial charge on any atom is 2.00 e. The summed E-state index contributed by atoms with van der Waals surface area (Å²) >= 11 is 0. The molecule has 3 atom stereocenters. The Kier molecular flexibility index (Phi) is 44.5. The van der Waals surface area contributed by atoms with Gasteiger partial charge in [0.15, 0.2) is 0 Å². The van der Waals surface area contributed by atoms with Gasteiger partial charge in [0.25, 0.3) is 0 Å². The van der Waals surface area contributed by atoms with E-state index in [4.69, 9.17) is 0 Å². The van der Waals surface area contributed by atoms with E-state index >= 15 is 0 Å². The first kappa shape index (κ1) is 101. The molecule has 0 saturated heterocycles. The Bertz CT molecular complexity index is 4210. The molecule has 8 aromatic carbocycles. The molecule has 3 unspecified atom stereocenters. The van der Waals surface area contributed by atoms with Gasteiger partial charge in [0, 0.05) is 51.2 Å². The molecule has 0 radical (unpaired) electrons. The molecule has 0 aliphatic heterocycles. The molecule has 0 spiro atoms. The summed E-state index contributed by atoms with van der Waals surface area (Å²) in [6, 6.07) is 64.7. The number of benzene rings is 8. The van der Waals surface area contributed by atoms with Crippen molar-refractivity contribution in [2.45, 2.75) is 277 Å². The van der Waals surface area contributed by atoms with Crippen LogP contribution in [0.15, 0.2) is 222 Å². The summed E-state index contributed by atoms with van der Waals surface area (Å²) in [4.78, 5) is 0. The quantitative estimate of drug-likeness (QED) is 0.0204. The summed E-state index contributed by atoms with van der Waals surface area (Å²) in [5.74, 6) is 9.08. The number of aromatic hydroxyl groups is 7. The van der Waals surface area contributed by atoms with Crippen LogP contribution in [0.5, 0.6) is 40.2 Å². The summed E-state index contributed by atoms with van der Waals surface area (Å²) in [5.41, 5.74) is 21.5. The zero-order valence-electron chi connectivity index (χ0n) is 73.0. The maximum absolute atomic E-state index is 9.85.